The number of amides is 1. The number of nitrogen functional groups attached to an aromatic ring is 1. The summed E-state index contributed by atoms with van der Waals surface area (Å²) in [7, 11) is 1.60. The maximum atomic E-state index is 11.9. The molecule has 1 unspecified atom stereocenters. The molecule has 0 aliphatic carbocycles. The molecule has 8 heteroatoms. The van der Waals surface area contributed by atoms with Gasteiger partial charge in [-0.2, -0.15) is 0 Å². The standard InChI is InChI=1S/C17H18N6OS/c1-19-15(24)14-13(18)10-5-6-11(22-16(10)25-14)12-4-2-9-23(12)17-20-7-3-8-21-17/h3,5-8,12H,2,4,9,18H2,1H3,(H,19,24). The Hall–Kier alpha value is -2.74. The minimum Gasteiger partial charge on any atom is -0.397 e. The highest BCUT2D eigenvalue weighted by Gasteiger charge is 2.29. The number of nitrogens with zero attached hydrogens (tertiary/aromatic N) is 4. The number of aromatic nitrogens is 3. The summed E-state index contributed by atoms with van der Waals surface area (Å²) in [5, 5.41) is 3.45. The van der Waals surface area contributed by atoms with Crippen molar-refractivity contribution >= 4 is 39.1 Å². The average molecular weight is 354 g/mol. The van der Waals surface area contributed by atoms with Crippen molar-refractivity contribution in [1.82, 2.24) is 20.3 Å². The van der Waals surface area contributed by atoms with E-state index in [0.29, 0.717) is 10.6 Å². The van der Waals surface area contributed by atoms with E-state index < -0.39 is 0 Å². The zero-order chi connectivity index (χ0) is 17.4. The van der Waals surface area contributed by atoms with E-state index in [-0.39, 0.29) is 11.9 Å². The maximum absolute atomic E-state index is 11.9. The Bertz CT molecular complexity index is 926. The average Bonchev–Trinajstić information content (AvgIpc) is 3.26. The van der Waals surface area contributed by atoms with Gasteiger partial charge in [0.15, 0.2) is 0 Å². The number of thiophene rings is 1. The van der Waals surface area contributed by atoms with E-state index in [1.807, 2.05) is 18.2 Å². The third-order valence-corrected chi connectivity index (χ3v) is 5.57. The highest BCUT2D eigenvalue weighted by Crippen LogP contribution is 2.37. The van der Waals surface area contributed by atoms with Gasteiger partial charge in [-0.15, -0.1) is 11.3 Å². The molecular formula is C17H18N6OS. The molecule has 3 aromatic rings. The van der Waals surface area contributed by atoms with Crippen molar-refractivity contribution in [1.29, 1.82) is 0 Å². The zero-order valence-corrected chi connectivity index (χ0v) is 14.6. The fraction of sp³-hybridized carbons (Fsp3) is 0.294. The van der Waals surface area contributed by atoms with Gasteiger partial charge < -0.3 is 16.0 Å². The van der Waals surface area contributed by atoms with E-state index in [4.69, 9.17) is 10.7 Å². The minimum absolute atomic E-state index is 0.138. The summed E-state index contributed by atoms with van der Waals surface area (Å²) < 4.78 is 0. The van der Waals surface area contributed by atoms with Gasteiger partial charge in [-0.25, -0.2) is 15.0 Å². The monoisotopic (exact) mass is 354 g/mol. The quantitative estimate of drug-likeness (QED) is 0.749. The summed E-state index contributed by atoms with van der Waals surface area (Å²) in [6.07, 6.45) is 5.58. The first-order valence-corrected chi connectivity index (χ1v) is 8.95. The van der Waals surface area contributed by atoms with Gasteiger partial charge >= 0.3 is 0 Å². The van der Waals surface area contributed by atoms with E-state index in [9.17, 15) is 4.79 Å². The van der Waals surface area contributed by atoms with Crippen LogP contribution in [-0.4, -0.2) is 34.5 Å². The molecule has 3 aromatic heterocycles. The highest BCUT2D eigenvalue weighted by atomic mass is 32.1. The second kappa shape index (κ2) is 6.29. The molecule has 4 rings (SSSR count). The Morgan fingerprint density at radius 2 is 2.16 bits per heavy atom. The maximum Gasteiger partial charge on any atom is 0.263 e. The van der Waals surface area contributed by atoms with E-state index in [0.717, 1.165) is 41.2 Å². The molecule has 1 atom stereocenters. The van der Waals surface area contributed by atoms with Crippen LogP contribution >= 0.6 is 11.3 Å². The second-order valence-corrected chi connectivity index (χ2v) is 6.91. The molecule has 1 fully saturated rings. The highest BCUT2D eigenvalue weighted by molar-refractivity contribution is 7.21. The SMILES string of the molecule is CNC(=O)c1sc2nc(C3CCCN3c3ncccn3)ccc2c1N. The van der Waals surface area contributed by atoms with Gasteiger partial charge in [-0.1, -0.05) is 0 Å². The summed E-state index contributed by atoms with van der Waals surface area (Å²) in [6, 6.07) is 5.90. The van der Waals surface area contributed by atoms with Crippen LogP contribution in [0, 0.1) is 0 Å². The Kier molecular flexibility index (Phi) is 3.96. The van der Waals surface area contributed by atoms with Crippen LogP contribution in [0.4, 0.5) is 11.6 Å². The second-order valence-electron chi connectivity index (χ2n) is 5.91. The molecule has 0 aromatic carbocycles. The Labute approximate surface area is 148 Å². The van der Waals surface area contributed by atoms with Gasteiger partial charge in [0, 0.05) is 31.4 Å². The summed E-state index contributed by atoms with van der Waals surface area (Å²) in [6.45, 7) is 0.907. The smallest absolute Gasteiger partial charge is 0.263 e. The van der Waals surface area contributed by atoms with Gasteiger partial charge in [-0.05, 0) is 31.0 Å². The van der Waals surface area contributed by atoms with Crippen molar-refractivity contribution in [2.45, 2.75) is 18.9 Å². The molecule has 4 heterocycles. The van der Waals surface area contributed by atoms with Crippen LogP contribution in [0.3, 0.4) is 0 Å². The number of rotatable bonds is 3. The van der Waals surface area contributed by atoms with Crippen LogP contribution in [0.25, 0.3) is 10.2 Å². The molecule has 1 saturated heterocycles. The lowest BCUT2D eigenvalue weighted by molar-refractivity contribution is 0.0968. The molecule has 1 aliphatic heterocycles. The molecule has 0 saturated carbocycles. The molecule has 1 aliphatic rings. The first kappa shape index (κ1) is 15.8. The lowest BCUT2D eigenvalue weighted by atomic mass is 10.1. The zero-order valence-electron chi connectivity index (χ0n) is 13.8. The number of hydrogen-bond donors (Lipinski definition) is 2. The van der Waals surface area contributed by atoms with Crippen LogP contribution < -0.4 is 16.0 Å². The van der Waals surface area contributed by atoms with Crippen LogP contribution in [-0.2, 0) is 0 Å². The van der Waals surface area contributed by atoms with Gasteiger partial charge in [-0.3, -0.25) is 4.79 Å². The fourth-order valence-corrected chi connectivity index (χ4v) is 4.28. The van der Waals surface area contributed by atoms with Crippen molar-refractivity contribution in [3.05, 3.63) is 41.2 Å². The molecule has 1 amide bonds. The number of carbonyl (C=O) groups is 1. The predicted octanol–water partition coefficient (Wildman–Crippen LogP) is 2.37. The van der Waals surface area contributed by atoms with Gasteiger partial charge in [0.2, 0.25) is 5.95 Å². The number of hydrogen-bond acceptors (Lipinski definition) is 7. The summed E-state index contributed by atoms with van der Waals surface area (Å²) >= 11 is 1.33. The summed E-state index contributed by atoms with van der Waals surface area (Å²) in [5.41, 5.74) is 7.57. The molecule has 25 heavy (non-hydrogen) atoms. The summed E-state index contributed by atoms with van der Waals surface area (Å²) in [5.74, 6) is 0.547. The molecule has 0 radical (unpaired) electrons. The van der Waals surface area contributed by atoms with E-state index in [2.05, 4.69) is 20.2 Å². The van der Waals surface area contributed by atoms with Crippen LogP contribution in [0.1, 0.15) is 34.2 Å². The predicted molar refractivity (Wildman–Crippen MR) is 98.8 cm³/mol. The molecule has 0 bridgehead atoms. The Balaban J connectivity index is 1.73. The first-order valence-electron chi connectivity index (χ1n) is 8.13. The van der Waals surface area contributed by atoms with Crippen LogP contribution in [0.15, 0.2) is 30.6 Å². The molecule has 7 nitrogen and oxygen atoms in total. The van der Waals surface area contributed by atoms with Crippen molar-refractivity contribution < 1.29 is 4.79 Å². The molecular weight excluding hydrogens is 336 g/mol. The van der Waals surface area contributed by atoms with E-state index in [1.54, 1.807) is 19.4 Å². The normalized spacial score (nSPS) is 17.2. The van der Waals surface area contributed by atoms with Crippen molar-refractivity contribution in [2.24, 2.45) is 0 Å². The third-order valence-electron chi connectivity index (χ3n) is 4.45. The number of nitrogens with two attached hydrogens (primary N) is 1. The number of fused-ring (bicyclic) bond motifs is 1. The summed E-state index contributed by atoms with van der Waals surface area (Å²) in [4.78, 5) is 29.0. The molecule has 3 N–H and O–H groups in total. The lowest BCUT2D eigenvalue weighted by Crippen LogP contribution is -2.25. The van der Waals surface area contributed by atoms with Gasteiger partial charge in [0.05, 0.1) is 17.4 Å². The molecule has 0 spiro atoms. The fourth-order valence-electron chi connectivity index (χ4n) is 3.23. The van der Waals surface area contributed by atoms with Crippen LogP contribution in [0.5, 0.6) is 0 Å². The van der Waals surface area contributed by atoms with Crippen molar-refractivity contribution in [3.63, 3.8) is 0 Å². The van der Waals surface area contributed by atoms with Gasteiger partial charge in [0.1, 0.15) is 9.71 Å². The number of nitrogens with one attached hydrogen (secondary N) is 1. The number of pyridine rings is 1. The minimum atomic E-state index is -0.178. The Morgan fingerprint density at radius 1 is 1.36 bits per heavy atom. The van der Waals surface area contributed by atoms with E-state index >= 15 is 0 Å². The largest absolute Gasteiger partial charge is 0.397 e. The lowest BCUT2D eigenvalue weighted by Gasteiger charge is -2.23. The van der Waals surface area contributed by atoms with Gasteiger partial charge in [0.25, 0.3) is 5.91 Å². The third kappa shape index (κ3) is 2.68. The first-order chi connectivity index (χ1) is 12.2. The number of anilines is 2. The topological polar surface area (TPSA) is 97.0 Å². The van der Waals surface area contributed by atoms with Crippen molar-refractivity contribution in [3.8, 4) is 0 Å². The van der Waals surface area contributed by atoms with E-state index in [1.165, 1.54) is 11.3 Å². The molecule has 128 valence electrons. The van der Waals surface area contributed by atoms with Crippen LogP contribution in [0.2, 0.25) is 0 Å². The Morgan fingerprint density at radius 3 is 2.92 bits per heavy atom. The number of carbonyl (C=O) groups excluding carboxylic acids is 1. The van der Waals surface area contributed by atoms with Crippen molar-refractivity contribution in [2.75, 3.05) is 24.2 Å².